The first-order valence-electron chi connectivity index (χ1n) is 6.24. The molecule has 18 heavy (non-hydrogen) atoms. The number of aliphatic hydroxyl groups is 2. The van der Waals surface area contributed by atoms with Crippen LogP contribution in [0.2, 0.25) is 5.02 Å². The average molecular weight is 270 g/mol. The lowest BCUT2D eigenvalue weighted by Crippen LogP contribution is -2.42. The molecule has 0 saturated carbocycles. The first-order valence-corrected chi connectivity index (χ1v) is 6.62. The number of nitrogens with one attached hydrogen (secondary N) is 1. The van der Waals surface area contributed by atoms with Crippen LogP contribution in [0.5, 0.6) is 0 Å². The zero-order chi connectivity index (χ0) is 13.3. The van der Waals surface area contributed by atoms with E-state index in [0.717, 1.165) is 11.4 Å². The van der Waals surface area contributed by atoms with E-state index in [1.54, 1.807) is 0 Å². The van der Waals surface area contributed by atoms with Crippen molar-refractivity contribution in [2.45, 2.75) is 32.4 Å². The van der Waals surface area contributed by atoms with Gasteiger partial charge >= 0.3 is 0 Å². The van der Waals surface area contributed by atoms with Gasteiger partial charge in [0.25, 0.3) is 0 Å². The van der Waals surface area contributed by atoms with Crippen LogP contribution in [-0.2, 0) is 6.42 Å². The lowest BCUT2D eigenvalue weighted by Gasteiger charge is -2.31. The Balaban J connectivity index is 2.30. The predicted octanol–water partition coefficient (Wildman–Crippen LogP) is 1.91. The highest BCUT2D eigenvalue weighted by molar-refractivity contribution is 6.30. The van der Waals surface area contributed by atoms with Gasteiger partial charge in [-0.2, -0.15) is 0 Å². The molecular weight excluding hydrogens is 250 g/mol. The van der Waals surface area contributed by atoms with E-state index in [1.165, 1.54) is 11.1 Å². The zero-order valence-electron chi connectivity index (χ0n) is 10.8. The van der Waals surface area contributed by atoms with Gasteiger partial charge in [-0.3, -0.25) is 0 Å². The van der Waals surface area contributed by atoms with E-state index >= 15 is 0 Å². The molecule has 0 heterocycles. The minimum atomic E-state index is -0.292. The molecule has 0 radical (unpaired) electrons. The fourth-order valence-electron chi connectivity index (χ4n) is 2.72. The minimum Gasteiger partial charge on any atom is -0.395 e. The fraction of sp³-hybridized carbons (Fsp3) is 0.571. The molecule has 3 N–H and O–H groups in total. The normalized spacial score (nSPS) is 21.3. The van der Waals surface area contributed by atoms with E-state index < -0.39 is 0 Å². The van der Waals surface area contributed by atoms with Crippen molar-refractivity contribution in [1.29, 1.82) is 0 Å². The lowest BCUT2D eigenvalue weighted by molar-refractivity contribution is 0.139. The Labute approximate surface area is 113 Å². The van der Waals surface area contributed by atoms with Gasteiger partial charge in [-0.05, 0) is 35.1 Å². The summed E-state index contributed by atoms with van der Waals surface area (Å²) >= 11 is 6.06. The molecule has 1 aliphatic rings. The molecule has 1 aliphatic carbocycles. The Morgan fingerprint density at radius 2 is 2.06 bits per heavy atom. The summed E-state index contributed by atoms with van der Waals surface area (Å²) in [5.41, 5.74) is 2.52. The molecule has 4 heteroatoms. The molecule has 0 bridgehead atoms. The maximum Gasteiger partial charge on any atom is 0.0607 e. The molecule has 0 spiro atoms. The highest BCUT2D eigenvalue weighted by Gasteiger charge is 2.39. The second-order valence-electron chi connectivity index (χ2n) is 5.67. The van der Waals surface area contributed by atoms with E-state index in [1.807, 2.05) is 12.1 Å². The topological polar surface area (TPSA) is 52.5 Å². The summed E-state index contributed by atoms with van der Waals surface area (Å²) in [7, 11) is 0. The Bertz CT molecular complexity index is 430. The fourth-order valence-corrected chi connectivity index (χ4v) is 2.90. The van der Waals surface area contributed by atoms with Crippen LogP contribution >= 0.6 is 11.6 Å². The second kappa shape index (κ2) is 5.17. The van der Waals surface area contributed by atoms with E-state index in [-0.39, 0.29) is 30.7 Å². The summed E-state index contributed by atoms with van der Waals surface area (Å²) in [6.45, 7) is 4.23. The van der Waals surface area contributed by atoms with Crippen LogP contribution < -0.4 is 5.32 Å². The van der Waals surface area contributed by atoms with Crippen molar-refractivity contribution in [1.82, 2.24) is 5.32 Å². The molecule has 0 saturated heterocycles. The molecule has 0 amide bonds. The van der Waals surface area contributed by atoms with Crippen LogP contribution in [-0.4, -0.2) is 29.5 Å². The van der Waals surface area contributed by atoms with E-state index in [0.29, 0.717) is 0 Å². The lowest BCUT2D eigenvalue weighted by atomic mass is 9.85. The molecule has 1 atom stereocenters. The van der Waals surface area contributed by atoms with Crippen LogP contribution in [0.15, 0.2) is 18.2 Å². The summed E-state index contributed by atoms with van der Waals surface area (Å²) in [5.74, 6) is 0. The number of hydrogen-bond donors (Lipinski definition) is 3. The van der Waals surface area contributed by atoms with Crippen molar-refractivity contribution >= 4 is 11.6 Å². The van der Waals surface area contributed by atoms with Crippen molar-refractivity contribution < 1.29 is 10.2 Å². The molecular formula is C14H20ClNO2. The molecule has 0 fully saturated rings. The van der Waals surface area contributed by atoms with Crippen molar-refractivity contribution in [2.24, 2.45) is 5.41 Å². The Hall–Kier alpha value is -0.610. The minimum absolute atomic E-state index is 0.0512. The highest BCUT2D eigenvalue weighted by atomic mass is 35.5. The Kier molecular flexibility index (Phi) is 3.97. The van der Waals surface area contributed by atoms with Gasteiger partial charge in [0.1, 0.15) is 0 Å². The van der Waals surface area contributed by atoms with Gasteiger partial charge in [-0.1, -0.05) is 31.5 Å². The summed E-state index contributed by atoms with van der Waals surface area (Å²) in [6.07, 6.45) is 0.973. The molecule has 0 aliphatic heterocycles. The molecule has 0 aromatic heterocycles. The summed E-state index contributed by atoms with van der Waals surface area (Å²) in [4.78, 5) is 0. The van der Waals surface area contributed by atoms with Crippen molar-refractivity contribution in [3.05, 3.63) is 34.3 Å². The molecule has 3 nitrogen and oxygen atoms in total. The van der Waals surface area contributed by atoms with Gasteiger partial charge in [0.05, 0.1) is 19.3 Å². The van der Waals surface area contributed by atoms with Gasteiger partial charge in [0.15, 0.2) is 0 Å². The maximum absolute atomic E-state index is 9.21. The SMILES string of the molecule is CC1(C)Cc2ccc(Cl)cc2C1NC(CO)CO. The third-order valence-electron chi connectivity index (χ3n) is 3.69. The van der Waals surface area contributed by atoms with E-state index in [9.17, 15) is 10.2 Å². The molecule has 1 aromatic rings. The van der Waals surface area contributed by atoms with Gasteiger partial charge in [0, 0.05) is 11.1 Å². The summed E-state index contributed by atoms with van der Waals surface area (Å²) < 4.78 is 0. The number of rotatable bonds is 4. The Morgan fingerprint density at radius 1 is 1.39 bits per heavy atom. The van der Waals surface area contributed by atoms with Crippen molar-refractivity contribution in [3.63, 3.8) is 0 Å². The largest absolute Gasteiger partial charge is 0.395 e. The van der Waals surface area contributed by atoms with Crippen LogP contribution in [0.25, 0.3) is 0 Å². The van der Waals surface area contributed by atoms with Crippen molar-refractivity contribution in [2.75, 3.05) is 13.2 Å². The highest BCUT2D eigenvalue weighted by Crippen LogP contribution is 2.46. The predicted molar refractivity (Wildman–Crippen MR) is 72.8 cm³/mol. The average Bonchev–Trinajstić information content (AvgIpc) is 2.56. The standard InChI is InChI=1S/C14H20ClNO2/c1-14(2)6-9-3-4-10(15)5-12(9)13(14)16-11(7-17)8-18/h3-5,11,13,16-18H,6-8H2,1-2H3. The zero-order valence-corrected chi connectivity index (χ0v) is 11.5. The third kappa shape index (κ3) is 2.54. The molecule has 100 valence electrons. The van der Waals surface area contributed by atoms with Crippen LogP contribution in [0.1, 0.15) is 31.0 Å². The summed E-state index contributed by atoms with van der Waals surface area (Å²) in [5, 5.41) is 22.5. The second-order valence-corrected chi connectivity index (χ2v) is 6.11. The molecule has 1 aromatic carbocycles. The number of halogens is 1. The quantitative estimate of drug-likeness (QED) is 0.783. The molecule has 1 unspecified atom stereocenters. The van der Waals surface area contributed by atoms with Gasteiger partial charge in [-0.15, -0.1) is 0 Å². The van der Waals surface area contributed by atoms with Crippen molar-refractivity contribution in [3.8, 4) is 0 Å². The van der Waals surface area contributed by atoms with Gasteiger partial charge < -0.3 is 15.5 Å². The van der Waals surface area contributed by atoms with Crippen LogP contribution in [0, 0.1) is 5.41 Å². The van der Waals surface area contributed by atoms with Gasteiger partial charge in [0.2, 0.25) is 0 Å². The van der Waals surface area contributed by atoms with Crippen LogP contribution in [0.3, 0.4) is 0 Å². The Morgan fingerprint density at radius 3 is 2.67 bits per heavy atom. The van der Waals surface area contributed by atoms with Crippen LogP contribution in [0.4, 0.5) is 0 Å². The molecule has 2 rings (SSSR count). The van der Waals surface area contributed by atoms with E-state index in [4.69, 9.17) is 11.6 Å². The number of hydrogen-bond acceptors (Lipinski definition) is 3. The number of aliphatic hydroxyl groups excluding tert-OH is 2. The van der Waals surface area contributed by atoms with Gasteiger partial charge in [-0.25, -0.2) is 0 Å². The third-order valence-corrected chi connectivity index (χ3v) is 3.92. The first kappa shape index (κ1) is 13.8. The first-order chi connectivity index (χ1) is 8.47. The summed E-state index contributed by atoms with van der Waals surface area (Å²) in [6, 6.07) is 5.77. The monoisotopic (exact) mass is 269 g/mol. The smallest absolute Gasteiger partial charge is 0.0607 e. The van der Waals surface area contributed by atoms with E-state index in [2.05, 4.69) is 25.2 Å². The maximum atomic E-state index is 9.21. The number of benzene rings is 1. The number of fused-ring (bicyclic) bond motifs is 1.